The quantitative estimate of drug-likeness (QED) is 0.302. The molecule has 2 aromatic carbocycles. The van der Waals surface area contributed by atoms with Crippen LogP contribution in [0.1, 0.15) is 6.92 Å². The normalized spacial score (nSPS) is 16.9. The molecule has 0 radical (unpaired) electrons. The first-order valence-electron chi connectivity index (χ1n) is 8.03. The van der Waals surface area contributed by atoms with Crippen molar-refractivity contribution < 1.29 is 27.8 Å². The van der Waals surface area contributed by atoms with Crippen molar-refractivity contribution in [3.8, 4) is 5.75 Å². The molecule has 2 aromatic rings. The predicted octanol–water partition coefficient (Wildman–Crippen LogP) is 3.08. The first-order valence-corrected chi connectivity index (χ1v) is 9.85. The van der Waals surface area contributed by atoms with Gasteiger partial charge in [-0.2, -0.15) is 28.8 Å². The fourth-order valence-corrected chi connectivity index (χ4v) is 3.19. The molecule has 30 heavy (non-hydrogen) atoms. The highest BCUT2D eigenvalue weighted by Gasteiger charge is 2.35. The van der Waals surface area contributed by atoms with Crippen LogP contribution in [0.25, 0.3) is 0 Å². The number of carbonyl (C=O) groups excluding carboxylic acids is 1. The summed E-state index contributed by atoms with van der Waals surface area (Å²) in [4.78, 5) is 22.5. The fourth-order valence-electron chi connectivity index (χ4n) is 2.51. The molecule has 0 bridgehead atoms. The summed E-state index contributed by atoms with van der Waals surface area (Å²) in [7, 11) is -4.39. The Labute approximate surface area is 174 Å². The van der Waals surface area contributed by atoms with E-state index in [4.69, 9.17) is 16.2 Å². The maximum Gasteiger partial charge on any atom is 0.294 e. The van der Waals surface area contributed by atoms with Gasteiger partial charge >= 0.3 is 0 Å². The summed E-state index contributed by atoms with van der Waals surface area (Å²) in [5, 5.41) is 33.1. The number of hydrogen-bond acceptors (Lipinski definition) is 9. The van der Waals surface area contributed by atoms with Crippen molar-refractivity contribution in [2.24, 2.45) is 15.3 Å². The molecule has 0 aromatic heterocycles. The number of amides is 1. The lowest BCUT2D eigenvalue weighted by atomic mass is 10.2. The van der Waals surface area contributed by atoms with Gasteiger partial charge in [0.25, 0.3) is 21.7 Å². The fraction of sp³-hybridized carbons (Fsp3) is 0.125. The standard InChI is InChI=1S/C16H12ClN5O7S/c1-8-14(19-18-13-7-10(22(25)26)6-12(17)15(13)23)16(24)21(20-8)9-2-4-11(5-3-9)30(27,28)29/h2-7,14,23H,1H3,(H,27,28,29). The third kappa shape index (κ3) is 4.12. The first-order chi connectivity index (χ1) is 14.0. The molecule has 0 aliphatic carbocycles. The van der Waals surface area contributed by atoms with E-state index in [2.05, 4.69) is 15.3 Å². The number of non-ortho nitro benzene ring substituents is 1. The van der Waals surface area contributed by atoms with Crippen molar-refractivity contribution >= 4 is 50.4 Å². The Bertz CT molecular complexity index is 1210. The highest BCUT2D eigenvalue weighted by Crippen LogP contribution is 2.38. The second-order valence-electron chi connectivity index (χ2n) is 6.03. The zero-order chi connectivity index (χ0) is 22.2. The number of phenols is 1. The zero-order valence-electron chi connectivity index (χ0n) is 15.0. The van der Waals surface area contributed by atoms with Crippen molar-refractivity contribution in [2.45, 2.75) is 17.9 Å². The monoisotopic (exact) mass is 453 g/mol. The van der Waals surface area contributed by atoms with E-state index < -0.39 is 38.4 Å². The molecule has 0 fully saturated rings. The lowest BCUT2D eigenvalue weighted by Gasteiger charge is -2.12. The van der Waals surface area contributed by atoms with E-state index in [9.17, 15) is 28.4 Å². The highest BCUT2D eigenvalue weighted by atomic mass is 35.5. The number of nitro groups is 1. The lowest BCUT2D eigenvalue weighted by Crippen LogP contribution is -2.29. The summed E-state index contributed by atoms with van der Waals surface area (Å²) in [6, 6.07) is 5.45. The molecule has 3 rings (SSSR count). The smallest absolute Gasteiger partial charge is 0.294 e. The van der Waals surface area contributed by atoms with E-state index in [1.54, 1.807) is 0 Å². The first kappa shape index (κ1) is 21.3. The summed E-state index contributed by atoms with van der Waals surface area (Å²) in [6.07, 6.45) is 0. The molecule has 1 heterocycles. The number of hydrogen-bond donors (Lipinski definition) is 2. The van der Waals surface area contributed by atoms with Gasteiger partial charge in [0.2, 0.25) is 0 Å². The third-order valence-electron chi connectivity index (χ3n) is 4.00. The van der Waals surface area contributed by atoms with Crippen LogP contribution in [0.3, 0.4) is 0 Å². The molecule has 156 valence electrons. The SMILES string of the molecule is CC1=NN(c2ccc(S(=O)(=O)O)cc2)C(=O)C1N=Nc1cc([N+](=O)[O-])cc(Cl)c1O. The molecule has 0 saturated carbocycles. The van der Waals surface area contributed by atoms with Crippen molar-refractivity contribution in [3.63, 3.8) is 0 Å². The molecule has 1 aliphatic heterocycles. The minimum absolute atomic E-state index is 0.214. The van der Waals surface area contributed by atoms with Crippen LogP contribution in [0.15, 0.2) is 56.6 Å². The zero-order valence-corrected chi connectivity index (χ0v) is 16.6. The predicted molar refractivity (Wildman–Crippen MR) is 105 cm³/mol. The van der Waals surface area contributed by atoms with Gasteiger partial charge in [-0.3, -0.25) is 19.5 Å². The Hall–Kier alpha value is -3.42. The van der Waals surface area contributed by atoms with E-state index in [1.165, 1.54) is 19.1 Å². The van der Waals surface area contributed by atoms with Gasteiger partial charge in [0.15, 0.2) is 11.8 Å². The van der Waals surface area contributed by atoms with Gasteiger partial charge in [-0.05, 0) is 31.2 Å². The average Bonchev–Trinajstić information content (AvgIpc) is 2.96. The number of azo groups is 1. The maximum atomic E-state index is 12.6. The molecule has 14 heteroatoms. The molecule has 1 unspecified atom stereocenters. The Kier molecular flexibility index (Phi) is 5.52. The van der Waals surface area contributed by atoms with Crippen LogP contribution in [0.5, 0.6) is 5.75 Å². The van der Waals surface area contributed by atoms with Gasteiger partial charge in [0.05, 0.1) is 26.2 Å². The number of rotatable bonds is 5. The molecule has 1 amide bonds. The number of halogens is 1. The number of carbonyl (C=O) groups is 1. The van der Waals surface area contributed by atoms with E-state index in [0.717, 1.165) is 29.3 Å². The van der Waals surface area contributed by atoms with E-state index in [-0.39, 0.29) is 27.0 Å². The summed E-state index contributed by atoms with van der Waals surface area (Å²) in [5.74, 6) is -1.17. The summed E-state index contributed by atoms with van der Waals surface area (Å²) < 4.78 is 31.3. The summed E-state index contributed by atoms with van der Waals surface area (Å²) in [6.45, 7) is 1.49. The van der Waals surface area contributed by atoms with E-state index >= 15 is 0 Å². The number of phenolic OH excluding ortho intramolecular Hbond substituents is 1. The largest absolute Gasteiger partial charge is 0.504 e. The number of nitrogens with zero attached hydrogens (tertiary/aromatic N) is 5. The minimum Gasteiger partial charge on any atom is -0.504 e. The van der Waals surface area contributed by atoms with Crippen LogP contribution >= 0.6 is 11.6 Å². The Morgan fingerprint density at radius 3 is 2.47 bits per heavy atom. The van der Waals surface area contributed by atoms with E-state index in [1.807, 2.05) is 0 Å². The Morgan fingerprint density at radius 2 is 1.90 bits per heavy atom. The summed E-state index contributed by atoms with van der Waals surface area (Å²) in [5.41, 5.74) is -0.273. The lowest BCUT2D eigenvalue weighted by molar-refractivity contribution is -0.384. The van der Waals surface area contributed by atoms with Crippen LogP contribution in [-0.4, -0.2) is 40.7 Å². The highest BCUT2D eigenvalue weighted by molar-refractivity contribution is 7.85. The molecule has 2 N–H and O–H groups in total. The van der Waals surface area contributed by atoms with Gasteiger partial charge in [-0.1, -0.05) is 11.6 Å². The molecular weight excluding hydrogens is 442 g/mol. The van der Waals surface area contributed by atoms with Gasteiger partial charge < -0.3 is 5.11 Å². The number of hydrazone groups is 1. The second kappa shape index (κ2) is 7.78. The molecule has 1 aliphatic rings. The number of aromatic hydroxyl groups is 1. The van der Waals surface area contributed by atoms with Gasteiger partial charge in [0, 0.05) is 12.1 Å². The van der Waals surface area contributed by atoms with Crippen LogP contribution in [0.4, 0.5) is 17.1 Å². The number of nitro benzene ring substituents is 1. The van der Waals surface area contributed by atoms with Gasteiger partial charge in [0.1, 0.15) is 5.69 Å². The van der Waals surface area contributed by atoms with Crippen LogP contribution in [-0.2, 0) is 14.9 Å². The average molecular weight is 454 g/mol. The molecule has 0 spiro atoms. The Morgan fingerprint density at radius 1 is 1.27 bits per heavy atom. The number of benzene rings is 2. The Balaban J connectivity index is 1.87. The second-order valence-corrected chi connectivity index (χ2v) is 7.86. The topological polar surface area (TPSA) is 175 Å². The molecule has 1 atom stereocenters. The van der Waals surface area contributed by atoms with Crippen molar-refractivity contribution in [1.29, 1.82) is 0 Å². The van der Waals surface area contributed by atoms with Crippen molar-refractivity contribution in [2.75, 3.05) is 5.01 Å². The minimum atomic E-state index is -4.39. The molecular formula is C16H12ClN5O7S. The molecule has 0 saturated heterocycles. The summed E-state index contributed by atoms with van der Waals surface area (Å²) >= 11 is 5.75. The van der Waals surface area contributed by atoms with Crippen molar-refractivity contribution in [3.05, 3.63) is 51.5 Å². The maximum absolute atomic E-state index is 12.6. The van der Waals surface area contributed by atoms with E-state index in [0.29, 0.717) is 0 Å². The third-order valence-corrected chi connectivity index (χ3v) is 5.15. The van der Waals surface area contributed by atoms with Gasteiger partial charge in [-0.15, -0.1) is 0 Å². The number of anilines is 1. The van der Waals surface area contributed by atoms with Crippen molar-refractivity contribution in [1.82, 2.24) is 0 Å². The van der Waals surface area contributed by atoms with Crippen LogP contribution < -0.4 is 5.01 Å². The van der Waals surface area contributed by atoms with Crippen LogP contribution in [0, 0.1) is 10.1 Å². The van der Waals surface area contributed by atoms with Gasteiger partial charge in [-0.25, -0.2) is 0 Å². The molecule has 12 nitrogen and oxygen atoms in total. The van der Waals surface area contributed by atoms with Crippen LogP contribution in [0.2, 0.25) is 5.02 Å².